The molecule has 0 atom stereocenters. The lowest BCUT2D eigenvalue weighted by Crippen LogP contribution is -1.81. The van der Waals surface area contributed by atoms with Crippen LogP contribution in [0.3, 0.4) is 0 Å². The molecule has 0 spiro atoms. The minimum Gasteiger partial charge on any atom is -0.255 e. The third kappa shape index (κ3) is 5.05. The minimum atomic E-state index is 0.585. The predicted octanol–water partition coefficient (Wildman–Crippen LogP) is 3.62. The SMILES string of the molecule is C=C1/N=C\C=C/C/C=C\C/C=C\C=N/C1=C. The van der Waals surface area contributed by atoms with Crippen LogP contribution < -0.4 is 0 Å². The highest BCUT2D eigenvalue weighted by Crippen LogP contribution is 2.06. The molecule has 0 saturated heterocycles. The summed E-state index contributed by atoms with van der Waals surface area (Å²) in [5.74, 6) is 0. The molecular formula is C14H16N2. The van der Waals surface area contributed by atoms with Crippen molar-refractivity contribution in [1.82, 2.24) is 0 Å². The van der Waals surface area contributed by atoms with Gasteiger partial charge in [0.25, 0.3) is 0 Å². The van der Waals surface area contributed by atoms with E-state index in [1.165, 1.54) is 0 Å². The molecule has 2 nitrogen and oxygen atoms in total. The monoisotopic (exact) mass is 212 g/mol. The third-order valence-corrected chi connectivity index (χ3v) is 1.95. The van der Waals surface area contributed by atoms with Crippen molar-refractivity contribution in [3.63, 3.8) is 0 Å². The molecule has 1 rings (SSSR count). The van der Waals surface area contributed by atoms with Crippen molar-refractivity contribution >= 4 is 12.4 Å². The zero-order valence-corrected chi connectivity index (χ0v) is 9.34. The molecule has 0 aliphatic carbocycles. The maximum Gasteiger partial charge on any atom is 0.0808 e. The molecular weight excluding hydrogens is 196 g/mol. The Morgan fingerprint density at radius 2 is 1.19 bits per heavy atom. The summed E-state index contributed by atoms with van der Waals surface area (Å²) in [4.78, 5) is 8.25. The van der Waals surface area contributed by atoms with Gasteiger partial charge in [0.2, 0.25) is 0 Å². The quantitative estimate of drug-likeness (QED) is 0.548. The number of rotatable bonds is 0. The van der Waals surface area contributed by atoms with Crippen LogP contribution in [0.1, 0.15) is 12.8 Å². The summed E-state index contributed by atoms with van der Waals surface area (Å²) in [6.45, 7) is 7.56. The van der Waals surface area contributed by atoms with Crippen molar-refractivity contribution in [3.05, 3.63) is 61.0 Å². The first-order valence-electron chi connectivity index (χ1n) is 5.22. The van der Waals surface area contributed by atoms with Crippen molar-refractivity contribution in [2.45, 2.75) is 12.8 Å². The summed E-state index contributed by atoms with van der Waals surface area (Å²) in [6, 6.07) is 0. The van der Waals surface area contributed by atoms with Crippen molar-refractivity contribution in [3.8, 4) is 0 Å². The van der Waals surface area contributed by atoms with Gasteiger partial charge < -0.3 is 0 Å². The lowest BCUT2D eigenvalue weighted by Gasteiger charge is -1.95. The molecule has 1 heterocycles. The van der Waals surface area contributed by atoms with Gasteiger partial charge in [-0.2, -0.15) is 0 Å². The Balaban J connectivity index is 2.75. The van der Waals surface area contributed by atoms with Gasteiger partial charge in [-0.05, 0) is 25.0 Å². The highest BCUT2D eigenvalue weighted by atomic mass is 14.8. The molecule has 0 unspecified atom stereocenters. The molecule has 0 aromatic heterocycles. The summed E-state index contributed by atoms with van der Waals surface area (Å²) < 4.78 is 0. The van der Waals surface area contributed by atoms with E-state index in [-0.39, 0.29) is 0 Å². The van der Waals surface area contributed by atoms with Crippen LogP contribution in [0.5, 0.6) is 0 Å². The van der Waals surface area contributed by atoms with Gasteiger partial charge in [0.15, 0.2) is 0 Å². The lowest BCUT2D eigenvalue weighted by molar-refractivity contribution is 1.27. The molecule has 0 saturated carbocycles. The molecule has 0 radical (unpaired) electrons. The van der Waals surface area contributed by atoms with Crippen LogP contribution in [0.15, 0.2) is 71.0 Å². The second-order valence-electron chi connectivity index (χ2n) is 3.25. The summed E-state index contributed by atoms with van der Waals surface area (Å²) in [7, 11) is 0. The molecule has 0 aromatic rings. The normalized spacial score (nSPS) is 27.8. The first-order chi connectivity index (χ1) is 7.80. The molecule has 1 aliphatic heterocycles. The van der Waals surface area contributed by atoms with Gasteiger partial charge in [-0.25, -0.2) is 0 Å². The largest absolute Gasteiger partial charge is 0.255 e. The fraction of sp³-hybridized carbons (Fsp3) is 0.143. The van der Waals surface area contributed by atoms with E-state index in [2.05, 4.69) is 35.3 Å². The fourth-order valence-electron chi connectivity index (χ4n) is 1.04. The van der Waals surface area contributed by atoms with E-state index in [0.717, 1.165) is 12.8 Å². The Kier molecular flexibility index (Phi) is 5.56. The minimum absolute atomic E-state index is 0.585. The lowest BCUT2D eigenvalue weighted by atomic mass is 10.3. The maximum absolute atomic E-state index is 4.12. The molecule has 0 bridgehead atoms. The molecule has 0 amide bonds. The van der Waals surface area contributed by atoms with Crippen LogP contribution in [0.4, 0.5) is 0 Å². The Labute approximate surface area is 96.8 Å². The average molecular weight is 212 g/mol. The van der Waals surface area contributed by atoms with Crippen LogP contribution in [-0.2, 0) is 0 Å². The van der Waals surface area contributed by atoms with Crippen LogP contribution in [0.25, 0.3) is 0 Å². The van der Waals surface area contributed by atoms with E-state index in [1.807, 2.05) is 24.3 Å². The summed E-state index contributed by atoms with van der Waals surface area (Å²) in [5, 5.41) is 0. The Hall–Kier alpha value is -1.96. The Bertz CT molecular complexity index is 355. The molecule has 1 aliphatic rings. The highest BCUT2D eigenvalue weighted by Gasteiger charge is 1.91. The second-order valence-corrected chi connectivity index (χ2v) is 3.25. The van der Waals surface area contributed by atoms with Gasteiger partial charge in [-0.1, -0.05) is 37.5 Å². The Morgan fingerprint density at radius 3 is 1.62 bits per heavy atom. The van der Waals surface area contributed by atoms with Crippen LogP contribution in [0.2, 0.25) is 0 Å². The first-order valence-corrected chi connectivity index (χ1v) is 5.22. The van der Waals surface area contributed by atoms with E-state index in [1.54, 1.807) is 12.4 Å². The number of aliphatic imine (C=N–C) groups is 2. The topological polar surface area (TPSA) is 24.7 Å². The zero-order valence-electron chi connectivity index (χ0n) is 9.34. The smallest absolute Gasteiger partial charge is 0.0808 e. The second kappa shape index (κ2) is 7.35. The van der Waals surface area contributed by atoms with Crippen molar-refractivity contribution < 1.29 is 0 Å². The maximum atomic E-state index is 4.12. The third-order valence-electron chi connectivity index (χ3n) is 1.95. The van der Waals surface area contributed by atoms with E-state index < -0.39 is 0 Å². The average Bonchev–Trinajstić information content (AvgIpc) is 2.29. The van der Waals surface area contributed by atoms with Crippen LogP contribution in [0, 0.1) is 0 Å². The number of hydrogen-bond donors (Lipinski definition) is 0. The van der Waals surface area contributed by atoms with Crippen molar-refractivity contribution in [1.29, 1.82) is 0 Å². The Morgan fingerprint density at radius 1 is 0.750 bits per heavy atom. The first kappa shape index (κ1) is 12.1. The van der Waals surface area contributed by atoms with Gasteiger partial charge in [0.05, 0.1) is 11.4 Å². The van der Waals surface area contributed by atoms with E-state index in [0.29, 0.717) is 11.4 Å². The highest BCUT2D eigenvalue weighted by molar-refractivity contribution is 5.74. The molecule has 0 aromatic carbocycles. The molecule has 0 N–H and O–H groups in total. The molecule has 16 heavy (non-hydrogen) atoms. The van der Waals surface area contributed by atoms with Crippen molar-refractivity contribution in [2.24, 2.45) is 9.98 Å². The standard InChI is InChI=1S/C14H16N2/c1-13-14(2)16-12-10-8-6-4-3-5-7-9-11-15-13/h3-4,7-12H,1-2,5-6H2/b4-3-,9-7-,10-8-,15-11-,16-12-. The van der Waals surface area contributed by atoms with Gasteiger partial charge in [-0.3, -0.25) is 9.98 Å². The van der Waals surface area contributed by atoms with Gasteiger partial charge in [0, 0.05) is 12.4 Å². The summed E-state index contributed by atoms with van der Waals surface area (Å²) >= 11 is 0. The van der Waals surface area contributed by atoms with E-state index in [4.69, 9.17) is 0 Å². The van der Waals surface area contributed by atoms with Crippen LogP contribution >= 0.6 is 0 Å². The number of allylic oxidation sites excluding steroid dienone is 6. The predicted molar refractivity (Wildman–Crippen MR) is 71.9 cm³/mol. The fourth-order valence-corrected chi connectivity index (χ4v) is 1.04. The molecule has 2 heteroatoms. The zero-order chi connectivity index (χ0) is 11.6. The van der Waals surface area contributed by atoms with Gasteiger partial charge >= 0.3 is 0 Å². The van der Waals surface area contributed by atoms with Crippen molar-refractivity contribution in [2.75, 3.05) is 0 Å². The van der Waals surface area contributed by atoms with E-state index in [9.17, 15) is 0 Å². The van der Waals surface area contributed by atoms with Gasteiger partial charge in [-0.15, -0.1) is 0 Å². The number of hydrogen-bond acceptors (Lipinski definition) is 2. The molecule has 0 fully saturated rings. The van der Waals surface area contributed by atoms with E-state index >= 15 is 0 Å². The summed E-state index contributed by atoms with van der Waals surface area (Å²) in [5.41, 5.74) is 1.17. The summed E-state index contributed by atoms with van der Waals surface area (Å²) in [6.07, 6.45) is 17.3. The van der Waals surface area contributed by atoms with Gasteiger partial charge in [0.1, 0.15) is 0 Å². The molecule has 82 valence electrons. The van der Waals surface area contributed by atoms with Crippen LogP contribution in [-0.4, -0.2) is 12.4 Å². The number of nitrogens with zero attached hydrogens (tertiary/aromatic N) is 2.